The number of carbonyl (C=O) groups is 1. The van der Waals surface area contributed by atoms with Crippen molar-refractivity contribution in [3.8, 4) is 17.2 Å². The first-order chi connectivity index (χ1) is 11.1. The average Bonchev–Trinajstić information content (AvgIpc) is 3.35. The van der Waals surface area contributed by atoms with Crippen molar-refractivity contribution in [3.05, 3.63) is 17.7 Å². The van der Waals surface area contributed by atoms with Gasteiger partial charge in [0.2, 0.25) is 5.75 Å². The van der Waals surface area contributed by atoms with Gasteiger partial charge in [0.25, 0.3) is 5.91 Å². The lowest BCUT2D eigenvalue weighted by atomic mass is 10.1. The first-order valence-electron chi connectivity index (χ1n) is 8.47. The van der Waals surface area contributed by atoms with E-state index in [4.69, 9.17) is 14.2 Å². The van der Waals surface area contributed by atoms with Gasteiger partial charge in [-0.2, -0.15) is 0 Å². The Morgan fingerprint density at radius 1 is 1.09 bits per heavy atom. The monoisotopic (exact) mass is 321 g/mol. The summed E-state index contributed by atoms with van der Waals surface area (Å²) < 4.78 is 16.9. The molecule has 1 aliphatic rings. The van der Waals surface area contributed by atoms with Crippen molar-refractivity contribution >= 4 is 5.91 Å². The van der Waals surface area contributed by atoms with Gasteiger partial charge in [-0.15, -0.1) is 0 Å². The molecule has 1 aliphatic carbocycles. The molecule has 0 saturated heterocycles. The first kappa shape index (κ1) is 17.4. The molecule has 0 radical (unpaired) electrons. The Kier molecular flexibility index (Phi) is 6.13. The molecule has 1 atom stereocenters. The Morgan fingerprint density at radius 3 is 2.04 bits per heavy atom. The van der Waals surface area contributed by atoms with Crippen LogP contribution in [0.25, 0.3) is 0 Å². The van der Waals surface area contributed by atoms with E-state index in [0.29, 0.717) is 48.6 Å². The molecule has 0 aromatic heterocycles. The number of benzene rings is 1. The van der Waals surface area contributed by atoms with Crippen molar-refractivity contribution in [1.82, 2.24) is 5.32 Å². The van der Waals surface area contributed by atoms with Crippen molar-refractivity contribution in [2.24, 2.45) is 5.92 Å². The third-order valence-electron chi connectivity index (χ3n) is 3.86. The molecule has 128 valence electrons. The molecule has 1 N–H and O–H groups in total. The fourth-order valence-corrected chi connectivity index (χ4v) is 2.52. The fourth-order valence-electron chi connectivity index (χ4n) is 2.52. The normalized spacial score (nSPS) is 15.0. The lowest BCUT2D eigenvalue weighted by molar-refractivity contribution is 0.0934. The average molecular weight is 321 g/mol. The van der Waals surface area contributed by atoms with Crippen LogP contribution in [0.15, 0.2) is 12.1 Å². The van der Waals surface area contributed by atoms with Crippen LogP contribution in [0.2, 0.25) is 0 Å². The van der Waals surface area contributed by atoms with Gasteiger partial charge in [0.1, 0.15) is 0 Å². The lowest BCUT2D eigenvalue weighted by Crippen LogP contribution is -2.34. The van der Waals surface area contributed by atoms with E-state index in [0.717, 1.165) is 0 Å². The highest BCUT2D eigenvalue weighted by Gasteiger charge is 2.29. The Labute approximate surface area is 138 Å². The largest absolute Gasteiger partial charge is 0.490 e. The molecule has 1 amide bonds. The van der Waals surface area contributed by atoms with E-state index in [1.807, 2.05) is 20.8 Å². The third kappa shape index (κ3) is 4.53. The quantitative estimate of drug-likeness (QED) is 0.757. The van der Waals surface area contributed by atoms with Gasteiger partial charge in [-0.1, -0.05) is 0 Å². The number of rotatable bonds is 9. The molecular weight excluding hydrogens is 294 g/mol. The summed E-state index contributed by atoms with van der Waals surface area (Å²) in [5.74, 6) is 2.16. The van der Waals surface area contributed by atoms with Gasteiger partial charge >= 0.3 is 0 Å². The maximum atomic E-state index is 12.5. The second-order valence-corrected chi connectivity index (χ2v) is 5.70. The minimum absolute atomic E-state index is 0.102. The van der Waals surface area contributed by atoms with Crippen molar-refractivity contribution in [1.29, 1.82) is 0 Å². The zero-order valence-corrected chi connectivity index (χ0v) is 14.5. The third-order valence-corrected chi connectivity index (χ3v) is 3.86. The Morgan fingerprint density at radius 2 is 1.61 bits per heavy atom. The van der Waals surface area contributed by atoms with E-state index in [2.05, 4.69) is 12.2 Å². The molecule has 0 bridgehead atoms. The molecule has 5 heteroatoms. The molecule has 0 heterocycles. The molecule has 1 aromatic carbocycles. The van der Waals surface area contributed by atoms with E-state index in [1.54, 1.807) is 12.1 Å². The first-order valence-corrected chi connectivity index (χ1v) is 8.47. The van der Waals surface area contributed by atoms with Crippen LogP contribution in [-0.2, 0) is 0 Å². The summed E-state index contributed by atoms with van der Waals surface area (Å²) in [6, 6.07) is 3.65. The summed E-state index contributed by atoms with van der Waals surface area (Å²) >= 11 is 0. The number of hydrogen-bond donors (Lipinski definition) is 1. The van der Waals surface area contributed by atoms with Crippen molar-refractivity contribution in [3.63, 3.8) is 0 Å². The summed E-state index contributed by atoms with van der Waals surface area (Å²) in [4.78, 5) is 12.5. The standard InChI is InChI=1S/C18H27NO4/c1-5-21-15-10-14(18(20)19-12(4)13-8-9-13)11-16(22-6-2)17(15)23-7-3/h10-13H,5-9H2,1-4H3,(H,19,20)/t12-/m0/s1. The molecule has 1 aromatic rings. The summed E-state index contributed by atoms with van der Waals surface area (Å²) in [7, 11) is 0. The Balaban J connectivity index is 2.28. The van der Waals surface area contributed by atoms with Crippen LogP contribution >= 0.6 is 0 Å². The second kappa shape index (κ2) is 8.09. The minimum atomic E-state index is -0.102. The van der Waals surface area contributed by atoms with E-state index in [9.17, 15) is 4.79 Å². The molecule has 23 heavy (non-hydrogen) atoms. The lowest BCUT2D eigenvalue weighted by Gasteiger charge is -2.18. The summed E-state index contributed by atoms with van der Waals surface area (Å²) in [6.07, 6.45) is 2.39. The van der Waals surface area contributed by atoms with Crippen LogP contribution in [0.5, 0.6) is 17.2 Å². The van der Waals surface area contributed by atoms with Crippen molar-refractivity contribution in [2.45, 2.75) is 46.6 Å². The number of hydrogen-bond acceptors (Lipinski definition) is 4. The summed E-state index contributed by atoms with van der Waals surface area (Å²) in [5.41, 5.74) is 0.535. The molecule has 2 rings (SSSR count). The second-order valence-electron chi connectivity index (χ2n) is 5.70. The van der Waals surface area contributed by atoms with E-state index in [1.165, 1.54) is 12.8 Å². The van der Waals surface area contributed by atoms with Gasteiger partial charge in [-0.25, -0.2) is 0 Å². The predicted molar refractivity (Wildman–Crippen MR) is 89.6 cm³/mol. The fraction of sp³-hybridized carbons (Fsp3) is 0.611. The minimum Gasteiger partial charge on any atom is -0.490 e. The zero-order valence-electron chi connectivity index (χ0n) is 14.5. The predicted octanol–water partition coefficient (Wildman–Crippen LogP) is 3.41. The zero-order chi connectivity index (χ0) is 16.8. The maximum absolute atomic E-state index is 12.5. The Bertz CT molecular complexity index is 513. The van der Waals surface area contributed by atoms with Crippen LogP contribution in [0, 0.1) is 5.92 Å². The molecule has 0 spiro atoms. The topological polar surface area (TPSA) is 56.8 Å². The van der Waals surface area contributed by atoms with Gasteiger partial charge < -0.3 is 19.5 Å². The SMILES string of the molecule is CCOc1cc(C(=O)N[C@@H](C)C2CC2)cc(OCC)c1OCC. The Hall–Kier alpha value is -1.91. The highest BCUT2D eigenvalue weighted by Crippen LogP contribution is 2.39. The highest BCUT2D eigenvalue weighted by molar-refractivity contribution is 5.95. The highest BCUT2D eigenvalue weighted by atomic mass is 16.5. The van der Waals surface area contributed by atoms with Gasteiger partial charge in [-0.3, -0.25) is 4.79 Å². The number of ether oxygens (including phenoxy) is 3. The number of nitrogens with one attached hydrogen (secondary N) is 1. The molecule has 0 aliphatic heterocycles. The van der Waals surface area contributed by atoms with Crippen LogP contribution < -0.4 is 19.5 Å². The van der Waals surface area contributed by atoms with Gasteiger partial charge in [0.15, 0.2) is 11.5 Å². The van der Waals surface area contributed by atoms with E-state index < -0.39 is 0 Å². The maximum Gasteiger partial charge on any atom is 0.251 e. The van der Waals surface area contributed by atoms with Gasteiger partial charge in [-0.05, 0) is 58.6 Å². The van der Waals surface area contributed by atoms with Gasteiger partial charge in [0.05, 0.1) is 19.8 Å². The number of carbonyl (C=O) groups excluding carboxylic acids is 1. The molecule has 0 unspecified atom stereocenters. The summed E-state index contributed by atoms with van der Waals surface area (Å²) in [6.45, 7) is 9.26. The smallest absolute Gasteiger partial charge is 0.251 e. The molecular formula is C18H27NO4. The number of amides is 1. The van der Waals surface area contributed by atoms with Crippen LogP contribution in [0.4, 0.5) is 0 Å². The molecule has 5 nitrogen and oxygen atoms in total. The molecule has 1 fully saturated rings. The summed E-state index contributed by atoms with van der Waals surface area (Å²) in [5, 5.41) is 3.06. The van der Waals surface area contributed by atoms with Crippen molar-refractivity contribution < 1.29 is 19.0 Å². The van der Waals surface area contributed by atoms with Gasteiger partial charge in [0, 0.05) is 11.6 Å². The van der Waals surface area contributed by atoms with Crippen molar-refractivity contribution in [2.75, 3.05) is 19.8 Å². The van der Waals surface area contributed by atoms with Crippen LogP contribution in [-0.4, -0.2) is 31.8 Å². The van der Waals surface area contributed by atoms with Crippen LogP contribution in [0.1, 0.15) is 50.9 Å². The van der Waals surface area contributed by atoms with E-state index in [-0.39, 0.29) is 11.9 Å². The molecule has 1 saturated carbocycles. The van der Waals surface area contributed by atoms with E-state index >= 15 is 0 Å². The van der Waals surface area contributed by atoms with Crippen LogP contribution in [0.3, 0.4) is 0 Å².